The van der Waals surface area contributed by atoms with Gasteiger partial charge in [0.15, 0.2) is 11.5 Å². The van der Waals surface area contributed by atoms with Gasteiger partial charge in [0, 0.05) is 13.1 Å². The van der Waals surface area contributed by atoms with Crippen molar-refractivity contribution in [2.24, 2.45) is 0 Å². The van der Waals surface area contributed by atoms with Crippen LogP contribution >= 0.6 is 11.6 Å². The van der Waals surface area contributed by atoms with E-state index in [2.05, 4.69) is 5.32 Å². The van der Waals surface area contributed by atoms with Crippen LogP contribution < -0.4 is 14.8 Å². The van der Waals surface area contributed by atoms with Crippen LogP contribution in [0.25, 0.3) is 0 Å². The molecule has 0 aromatic heterocycles. The molecule has 5 heteroatoms. The molecule has 110 valence electrons. The number of phenols is 1. The third-order valence-electron chi connectivity index (χ3n) is 3.25. The molecule has 0 atom stereocenters. The molecule has 1 aliphatic rings. The zero-order valence-corrected chi connectivity index (χ0v) is 12.2. The first-order valence-corrected chi connectivity index (χ1v) is 7.17. The standard InChI is InChI=1S/C16H16ClNO3/c17-14-7-12(8-15-16(14)21-6-5-20-15)10-18-9-11-1-3-13(19)4-2-11/h1-4,7-8,18-19H,5-6,9-10H2. The van der Waals surface area contributed by atoms with Crippen LogP contribution in [0.3, 0.4) is 0 Å². The summed E-state index contributed by atoms with van der Waals surface area (Å²) in [7, 11) is 0. The average Bonchev–Trinajstić information content (AvgIpc) is 2.49. The number of fused-ring (bicyclic) bond motifs is 1. The van der Waals surface area contributed by atoms with Crippen LogP contribution in [0.5, 0.6) is 17.2 Å². The predicted octanol–water partition coefficient (Wildman–Crippen LogP) is 3.11. The monoisotopic (exact) mass is 305 g/mol. The van der Waals surface area contributed by atoms with Crippen molar-refractivity contribution >= 4 is 11.6 Å². The predicted molar refractivity (Wildman–Crippen MR) is 81.1 cm³/mol. The lowest BCUT2D eigenvalue weighted by Gasteiger charge is -2.20. The van der Waals surface area contributed by atoms with Gasteiger partial charge in [-0.1, -0.05) is 23.7 Å². The second-order valence-electron chi connectivity index (χ2n) is 4.87. The molecule has 0 aliphatic carbocycles. The Kier molecular flexibility index (Phi) is 4.18. The molecular formula is C16H16ClNO3. The summed E-state index contributed by atoms with van der Waals surface area (Å²) in [4.78, 5) is 0. The van der Waals surface area contributed by atoms with Gasteiger partial charge in [0.1, 0.15) is 19.0 Å². The molecule has 2 aromatic rings. The Morgan fingerprint density at radius 3 is 2.52 bits per heavy atom. The Labute approximate surface area is 128 Å². The quantitative estimate of drug-likeness (QED) is 0.911. The maximum atomic E-state index is 9.24. The van der Waals surface area contributed by atoms with Crippen LogP contribution in [0.2, 0.25) is 5.02 Å². The van der Waals surface area contributed by atoms with Gasteiger partial charge in [0.25, 0.3) is 0 Å². The van der Waals surface area contributed by atoms with Crippen molar-refractivity contribution in [1.82, 2.24) is 5.32 Å². The summed E-state index contributed by atoms with van der Waals surface area (Å²) in [5.74, 6) is 1.61. The highest BCUT2D eigenvalue weighted by atomic mass is 35.5. The fourth-order valence-corrected chi connectivity index (χ4v) is 2.52. The zero-order chi connectivity index (χ0) is 14.7. The molecule has 4 nitrogen and oxygen atoms in total. The summed E-state index contributed by atoms with van der Waals surface area (Å²) >= 11 is 6.20. The molecule has 0 fully saturated rings. The number of halogens is 1. The van der Waals surface area contributed by atoms with Gasteiger partial charge in [0.2, 0.25) is 0 Å². The molecule has 0 amide bonds. The van der Waals surface area contributed by atoms with E-state index in [1.807, 2.05) is 24.3 Å². The molecule has 1 heterocycles. The largest absolute Gasteiger partial charge is 0.508 e. The van der Waals surface area contributed by atoms with Crippen molar-refractivity contribution in [2.75, 3.05) is 13.2 Å². The third kappa shape index (κ3) is 3.40. The summed E-state index contributed by atoms with van der Waals surface area (Å²) < 4.78 is 11.1. The third-order valence-corrected chi connectivity index (χ3v) is 3.53. The van der Waals surface area contributed by atoms with Gasteiger partial charge < -0.3 is 19.9 Å². The first kappa shape index (κ1) is 14.0. The molecule has 0 bridgehead atoms. The van der Waals surface area contributed by atoms with Crippen molar-refractivity contribution in [3.63, 3.8) is 0 Å². The number of hydrogen-bond donors (Lipinski definition) is 2. The van der Waals surface area contributed by atoms with Crippen molar-refractivity contribution in [1.29, 1.82) is 0 Å². The summed E-state index contributed by atoms with van der Waals surface area (Å²) in [6.07, 6.45) is 0. The number of rotatable bonds is 4. The van der Waals surface area contributed by atoms with Crippen LogP contribution in [-0.4, -0.2) is 18.3 Å². The second-order valence-corrected chi connectivity index (χ2v) is 5.28. The molecule has 1 aliphatic heterocycles. The minimum Gasteiger partial charge on any atom is -0.508 e. The molecule has 0 saturated heterocycles. The van der Waals surface area contributed by atoms with E-state index in [0.29, 0.717) is 42.8 Å². The number of phenolic OH excluding ortho intramolecular Hbond substituents is 1. The van der Waals surface area contributed by atoms with Crippen LogP contribution in [0.15, 0.2) is 36.4 Å². The van der Waals surface area contributed by atoms with E-state index in [1.165, 1.54) is 0 Å². The van der Waals surface area contributed by atoms with Gasteiger partial charge in [-0.15, -0.1) is 0 Å². The molecule has 0 spiro atoms. The van der Waals surface area contributed by atoms with E-state index in [1.54, 1.807) is 12.1 Å². The maximum Gasteiger partial charge on any atom is 0.179 e. The lowest BCUT2D eigenvalue weighted by molar-refractivity contribution is 0.171. The average molecular weight is 306 g/mol. The molecular weight excluding hydrogens is 290 g/mol. The number of benzene rings is 2. The fourth-order valence-electron chi connectivity index (χ4n) is 2.23. The van der Waals surface area contributed by atoms with Gasteiger partial charge in [0.05, 0.1) is 5.02 Å². The zero-order valence-electron chi connectivity index (χ0n) is 11.4. The molecule has 2 aromatic carbocycles. The minimum absolute atomic E-state index is 0.275. The van der Waals surface area contributed by atoms with Crippen molar-refractivity contribution < 1.29 is 14.6 Å². The molecule has 3 rings (SSSR count). The highest BCUT2D eigenvalue weighted by Crippen LogP contribution is 2.38. The Morgan fingerprint density at radius 2 is 1.71 bits per heavy atom. The second kappa shape index (κ2) is 6.24. The Hall–Kier alpha value is -1.91. The molecule has 21 heavy (non-hydrogen) atoms. The summed E-state index contributed by atoms with van der Waals surface area (Å²) in [6.45, 7) is 2.47. The van der Waals surface area contributed by atoms with E-state index in [0.717, 1.165) is 11.1 Å². The van der Waals surface area contributed by atoms with Crippen LogP contribution in [0.4, 0.5) is 0 Å². The first-order chi connectivity index (χ1) is 10.2. The van der Waals surface area contributed by atoms with Crippen LogP contribution in [0, 0.1) is 0 Å². The first-order valence-electron chi connectivity index (χ1n) is 6.79. The smallest absolute Gasteiger partial charge is 0.179 e. The summed E-state index contributed by atoms with van der Waals surface area (Å²) in [6, 6.07) is 11.0. The van der Waals surface area contributed by atoms with Crippen molar-refractivity contribution in [2.45, 2.75) is 13.1 Å². The Balaban J connectivity index is 1.63. The van der Waals surface area contributed by atoms with Gasteiger partial charge in [-0.3, -0.25) is 0 Å². The maximum absolute atomic E-state index is 9.24. The fraction of sp³-hybridized carbons (Fsp3) is 0.250. The normalized spacial score (nSPS) is 13.2. The Bertz CT molecular complexity index is 628. The van der Waals surface area contributed by atoms with Crippen LogP contribution in [0.1, 0.15) is 11.1 Å². The highest BCUT2D eigenvalue weighted by molar-refractivity contribution is 6.32. The number of hydrogen-bond acceptors (Lipinski definition) is 4. The molecule has 0 saturated carbocycles. The lowest BCUT2D eigenvalue weighted by atomic mass is 10.1. The van der Waals surface area contributed by atoms with Crippen molar-refractivity contribution in [3.8, 4) is 17.2 Å². The minimum atomic E-state index is 0.275. The highest BCUT2D eigenvalue weighted by Gasteiger charge is 2.16. The topological polar surface area (TPSA) is 50.7 Å². The molecule has 2 N–H and O–H groups in total. The number of nitrogens with one attached hydrogen (secondary N) is 1. The van der Waals surface area contributed by atoms with E-state index in [4.69, 9.17) is 21.1 Å². The van der Waals surface area contributed by atoms with Gasteiger partial charge in [-0.2, -0.15) is 0 Å². The van der Waals surface area contributed by atoms with E-state index in [9.17, 15) is 5.11 Å². The number of ether oxygens (including phenoxy) is 2. The van der Waals surface area contributed by atoms with Gasteiger partial charge in [-0.25, -0.2) is 0 Å². The summed E-state index contributed by atoms with van der Waals surface area (Å²) in [5, 5.41) is 13.2. The Morgan fingerprint density at radius 1 is 1.00 bits per heavy atom. The van der Waals surface area contributed by atoms with E-state index >= 15 is 0 Å². The van der Waals surface area contributed by atoms with Gasteiger partial charge >= 0.3 is 0 Å². The van der Waals surface area contributed by atoms with E-state index in [-0.39, 0.29) is 5.75 Å². The molecule has 0 unspecified atom stereocenters. The SMILES string of the molecule is Oc1ccc(CNCc2cc(Cl)c3c(c2)OCCO3)cc1. The van der Waals surface area contributed by atoms with Crippen LogP contribution in [-0.2, 0) is 13.1 Å². The summed E-state index contributed by atoms with van der Waals surface area (Å²) in [5.41, 5.74) is 2.15. The van der Waals surface area contributed by atoms with Crippen molar-refractivity contribution in [3.05, 3.63) is 52.5 Å². The molecule has 0 radical (unpaired) electrons. The van der Waals surface area contributed by atoms with Gasteiger partial charge in [-0.05, 0) is 35.4 Å². The number of aromatic hydroxyl groups is 1. The lowest BCUT2D eigenvalue weighted by Crippen LogP contribution is -2.17. The van der Waals surface area contributed by atoms with E-state index < -0.39 is 0 Å².